The van der Waals surface area contributed by atoms with Crippen LogP contribution in [0.5, 0.6) is 11.5 Å². The zero-order chi connectivity index (χ0) is 18.8. The predicted molar refractivity (Wildman–Crippen MR) is 103 cm³/mol. The standard InChI is InChI=1S/C21H21N3O3/c1-27-16-7-8-19(25)15(11-16)12-24-10-9-18-17(13-24)21(26)23-20(22-18)14-5-3-2-4-6-14/h2-8,11,25H,9-10,12-13H2,1H3,(H,22,23,26). The number of rotatable bonds is 4. The van der Waals surface area contributed by atoms with Crippen molar-refractivity contribution in [2.45, 2.75) is 19.5 Å². The number of methoxy groups -OCH3 is 1. The molecule has 1 aliphatic rings. The minimum atomic E-state index is -0.0987. The molecule has 6 nitrogen and oxygen atoms in total. The van der Waals surface area contributed by atoms with Crippen molar-refractivity contribution in [2.24, 2.45) is 0 Å². The summed E-state index contributed by atoms with van der Waals surface area (Å²) in [5.41, 5.74) is 3.13. The van der Waals surface area contributed by atoms with Crippen molar-refractivity contribution in [3.05, 3.63) is 75.7 Å². The molecule has 6 heteroatoms. The Kier molecular flexibility index (Phi) is 4.64. The van der Waals surface area contributed by atoms with Gasteiger partial charge in [0.15, 0.2) is 0 Å². The molecule has 138 valence electrons. The second kappa shape index (κ2) is 7.25. The van der Waals surface area contributed by atoms with Gasteiger partial charge in [0, 0.05) is 37.2 Å². The number of aromatic hydroxyl groups is 1. The van der Waals surface area contributed by atoms with E-state index in [0.717, 1.165) is 23.4 Å². The number of hydrogen-bond donors (Lipinski definition) is 2. The number of H-pyrrole nitrogens is 1. The number of ether oxygens (including phenoxy) is 1. The third kappa shape index (κ3) is 3.57. The van der Waals surface area contributed by atoms with Gasteiger partial charge in [-0.2, -0.15) is 0 Å². The molecule has 0 spiro atoms. The van der Waals surface area contributed by atoms with E-state index in [9.17, 15) is 9.90 Å². The summed E-state index contributed by atoms with van der Waals surface area (Å²) in [6.45, 7) is 1.82. The molecular formula is C21H21N3O3. The van der Waals surface area contributed by atoms with E-state index in [4.69, 9.17) is 4.74 Å². The van der Waals surface area contributed by atoms with Crippen LogP contribution in [0.1, 0.15) is 16.8 Å². The highest BCUT2D eigenvalue weighted by Gasteiger charge is 2.22. The molecule has 0 saturated heterocycles. The Morgan fingerprint density at radius 2 is 2.04 bits per heavy atom. The van der Waals surface area contributed by atoms with Crippen LogP contribution in [0.4, 0.5) is 0 Å². The second-order valence-corrected chi connectivity index (χ2v) is 6.66. The molecule has 2 aromatic carbocycles. The minimum Gasteiger partial charge on any atom is -0.508 e. The number of benzene rings is 2. The van der Waals surface area contributed by atoms with Crippen LogP contribution in [-0.4, -0.2) is 33.6 Å². The molecule has 1 aromatic heterocycles. The van der Waals surface area contributed by atoms with Crippen LogP contribution in [0.2, 0.25) is 0 Å². The normalized spacial score (nSPS) is 14.0. The summed E-state index contributed by atoms with van der Waals surface area (Å²) in [6.07, 6.45) is 0.698. The Hall–Kier alpha value is -3.12. The monoisotopic (exact) mass is 363 g/mol. The summed E-state index contributed by atoms with van der Waals surface area (Å²) in [4.78, 5) is 22.3. The van der Waals surface area contributed by atoms with Gasteiger partial charge in [-0.1, -0.05) is 30.3 Å². The van der Waals surface area contributed by atoms with Gasteiger partial charge in [0.1, 0.15) is 17.3 Å². The number of hydrogen-bond acceptors (Lipinski definition) is 5. The molecule has 0 atom stereocenters. The van der Waals surface area contributed by atoms with Crippen LogP contribution in [0, 0.1) is 0 Å². The zero-order valence-corrected chi connectivity index (χ0v) is 15.1. The summed E-state index contributed by atoms with van der Waals surface area (Å²) in [6, 6.07) is 14.8. The molecule has 1 aliphatic heterocycles. The van der Waals surface area contributed by atoms with Crippen molar-refractivity contribution in [3.8, 4) is 22.9 Å². The first-order valence-corrected chi connectivity index (χ1v) is 8.90. The summed E-state index contributed by atoms with van der Waals surface area (Å²) >= 11 is 0. The molecule has 4 rings (SSSR count). The molecule has 0 fully saturated rings. The first-order valence-electron chi connectivity index (χ1n) is 8.90. The van der Waals surface area contributed by atoms with Crippen LogP contribution in [-0.2, 0) is 19.5 Å². The highest BCUT2D eigenvalue weighted by molar-refractivity contribution is 5.54. The summed E-state index contributed by atoms with van der Waals surface area (Å²) in [5.74, 6) is 1.54. The number of nitrogens with one attached hydrogen (secondary N) is 1. The molecule has 27 heavy (non-hydrogen) atoms. The molecule has 3 aromatic rings. The second-order valence-electron chi connectivity index (χ2n) is 6.66. The van der Waals surface area contributed by atoms with Crippen LogP contribution in [0.25, 0.3) is 11.4 Å². The van der Waals surface area contributed by atoms with Crippen molar-refractivity contribution in [2.75, 3.05) is 13.7 Å². The fourth-order valence-corrected chi connectivity index (χ4v) is 3.41. The van der Waals surface area contributed by atoms with Crippen LogP contribution < -0.4 is 10.3 Å². The van der Waals surface area contributed by atoms with Gasteiger partial charge in [-0.05, 0) is 18.2 Å². The van der Waals surface area contributed by atoms with Gasteiger partial charge in [0.05, 0.1) is 18.4 Å². The molecule has 2 heterocycles. The maximum absolute atomic E-state index is 12.6. The summed E-state index contributed by atoms with van der Waals surface area (Å²) in [5, 5.41) is 10.1. The van der Waals surface area contributed by atoms with E-state index in [1.165, 1.54) is 0 Å². The molecular weight excluding hydrogens is 342 g/mol. The Morgan fingerprint density at radius 1 is 1.22 bits per heavy atom. The maximum atomic E-state index is 12.6. The number of phenolic OH excluding ortho intramolecular Hbond substituents is 1. The van der Waals surface area contributed by atoms with Gasteiger partial charge in [-0.15, -0.1) is 0 Å². The number of nitrogens with zero attached hydrogens (tertiary/aromatic N) is 2. The number of phenols is 1. The lowest BCUT2D eigenvalue weighted by atomic mass is 10.0. The molecule has 0 bridgehead atoms. The molecule has 0 unspecified atom stereocenters. The van der Waals surface area contributed by atoms with Crippen molar-refractivity contribution in [1.82, 2.24) is 14.9 Å². The van der Waals surface area contributed by atoms with Crippen LogP contribution in [0.15, 0.2) is 53.3 Å². The van der Waals surface area contributed by atoms with Gasteiger partial charge in [-0.25, -0.2) is 4.98 Å². The third-order valence-corrected chi connectivity index (χ3v) is 4.88. The van der Waals surface area contributed by atoms with E-state index in [1.807, 2.05) is 36.4 Å². The fourth-order valence-electron chi connectivity index (χ4n) is 3.41. The van der Waals surface area contributed by atoms with E-state index in [0.29, 0.717) is 36.6 Å². The van der Waals surface area contributed by atoms with E-state index in [2.05, 4.69) is 14.9 Å². The van der Waals surface area contributed by atoms with Crippen molar-refractivity contribution in [1.29, 1.82) is 0 Å². The van der Waals surface area contributed by atoms with Gasteiger partial charge in [-0.3, -0.25) is 9.69 Å². The maximum Gasteiger partial charge on any atom is 0.255 e. The summed E-state index contributed by atoms with van der Waals surface area (Å²) < 4.78 is 5.23. The van der Waals surface area contributed by atoms with Gasteiger partial charge in [0.2, 0.25) is 0 Å². The van der Waals surface area contributed by atoms with Crippen LogP contribution in [0.3, 0.4) is 0 Å². The van der Waals surface area contributed by atoms with E-state index in [-0.39, 0.29) is 11.3 Å². The third-order valence-electron chi connectivity index (χ3n) is 4.88. The fraction of sp³-hybridized carbons (Fsp3) is 0.238. The minimum absolute atomic E-state index is 0.0987. The Bertz CT molecular complexity index is 1010. The molecule has 0 saturated carbocycles. The lowest BCUT2D eigenvalue weighted by Gasteiger charge is -2.28. The molecule has 2 N–H and O–H groups in total. The average molecular weight is 363 g/mol. The quantitative estimate of drug-likeness (QED) is 0.745. The summed E-state index contributed by atoms with van der Waals surface area (Å²) in [7, 11) is 1.60. The number of aromatic nitrogens is 2. The van der Waals surface area contributed by atoms with Crippen molar-refractivity contribution < 1.29 is 9.84 Å². The number of aromatic amines is 1. The van der Waals surface area contributed by atoms with E-state index < -0.39 is 0 Å². The SMILES string of the molecule is COc1ccc(O)c(CN2CCc3nc(-c4ccccc4)[nH]c(=O)c3C2)c1. The Balaban J connectivity index is 1.58. The van der Waals surface area contributed by atoms with E-state index in [1.54, 1.807) is 19.2 Å². The number of fused-ring (bicyclic) bond motifs is 1. The highest BCUT2D eigenvalue weighted by atomic mass is 16.5. The van der Waals surface area contributed by atoms with Gasteiger partial charge in [0.25, 0.3) is 5.56 Å². The smallest absolute Gasteiger partial charge is 0.255 e. The zero-order valence-electron chi connectivity index (χ0n) is 15.1. The molecule has 0 radical (unpaired) electrons. The predicted octanol–water partition coefficient (Wildman–Crippen LogP) is 2.71. The Morgan fingerprint density at radius 3 is 2.81 bits per heavy atom. The lowest BCUT2D eigenvalue weighted by Crippen LogP contribution is -2.35. The molecule has 0 aliphatic carbocycles. The largest absolute Gasteiger partial charge is 0.508 e. The Labute approximate surface area is 157 Å². The highest BCUT2D eigenvalue weighted by Crippen LogP contribution is 2.26. The van der Waals surface area contributed by atoms with E-state index >= 15 is 0 Å². The average Bonchev–Trinajstić information content (AvgIpc) is 2.70. The first kappa shape index (κ1) is 17.3. The van der Waals surface area contributed by atoms with Gasteiger partial charge < -0.3 is 14.8 Å². The lowest BCUT2D eigenvalue weighted by molar-refractivity contribution is 0.238. The van der Waals surface area contributed by atoms with Crippen LogP contribution >= 0.6 is 0 Å². The topological polar surface area (TPSA) is 78.5 Å². The van der Waals surface area contributed by atoms with Crippen molar-refractivity contribution in [3.63, 3.8) is 0 Å². The first-order chi connectivity index (χ1) is 13.1. The van der Waals surface area contributed by atoms with Crippen molar-refractivity contribution >= 4 is 0 Å². The molecule has 0 amide bonds. The van der Waals surface area contributed by atoms with Gasteiger partial charge >= 0.3 is 0 Å².